The van der Waals surface area contributed by atoms with Crippen molar-refractivity contribution < 1.29 is 9.21 Å². The average Bonchev–Trinajstić information content (AvgIpc) is 3.55. The number of piperazine rings is 1. The number of nitrogens with zero attached hydrogens (tertiary/aromatic N) is 6. The molecule has 10 nitrogen and oxygen atoms in total. The van der Waals surface area contributed by atoms with Gasteiger partial charge in [-0.25, -0.2) is 4.98 Å². The first-order valence-corrected chi connectivity index (χ1v) is 11.3. The molecule has 0 bridgehead atoms. The van der Waals surface area contributed by atoms with Crippen LogP contribution in [-0.2, 0) is 0 Å². The highest BCUT2D eigenvalue weighted by Gasteiger charge is 2.29. The van der Waals surface area contributed by atoms with Crippen LogP contribution >= 0.6 is 11.6 Å². The summed E-state index contributed by atoms with van der Waals surface area (Å²) in [6, 6.07) is 5.54. The number of carbonyl (C=O) groups excluding carboxylic acids is 1. The summed E-state index contributed by atoms with van der Waals surface area (Å²) in [4.78, 5) is 35.1. The Morgan fingerprint density at radius 1 is 1.15 bits per heavy atom. The van der Waals surface area contributed by atoms with E-state index in [9.17, 15) is 4.79 Å². The predicted octanol–water partition coefficient (Wildman–Crippen LogP) is 3.45. The van der Waals surface area contributed by atoms with Crippen molar-refractivity contribution in [3.05, 3.63) is 46.6 Å². The molecule has 2 aromatic heterocycles. The lowest BCUT2D eigenvalue weighted by Gasteiger charge is -2.32. The molecule has 3 aromatic rings. The van der Waals surface area contributed by atoms with Gasteiger partial charge in [0, 0.05) is 32.1 Å². The molecule has 0 unspecified atom stereocenters. The minimum Gasteiger partial charge on any atom is -0.418 e. The molecular weight excluding hydrogens is 444 g/mol. The molecule has 11 heteroatoms. The van der Waals surface area contributed by atoms with Crippen LogP contribution in [0.15, 0.2) is 28.8 Å². The van der Waals surface area contributed by atoms with Crippen LogP contribution in [0.2, 0.25) is 5.02 Å². The number of benzene rings is 1. The van der Waals surface area contributed by atoms with E-state index in [0.29, 0.717) is 28.5 Å². The van der Waals surface area contributed by atoms with E-state index in [4.69, 9.17) is 21.0 Å². The van der Waals surface area contributed by atoms with Gasteiger partial charge >= 0.3 is 6.01 Å². The van der Waals surface area contributed by atoms with Gasteiger partial charge in [-0.1, -0.05) is 23.7 Å². The topological polar surface area (TPSA) is 112 Å². The Hall–Kier alpha value is -3.24. The van der Waals surface area contributed by atoms with E-state index in [1.807, 2.05) is 19.1 Å². The van der Waals surface area contributed by atoms with Crippen LogP contribution in [0.3, 0.4) is 0 Å². The number of aromatic nitrogens is 4. The van der Waals surface area contributed by atoms with Gasteiger partial charge in [-0.3, -0.25) is 10.1 Å². The number of hydrogen-bond acceptors (Lipinski definition) is 9. The summed E-state index contributed by atoms with van der Waals surface area (Å²) < 4.78 is 5.62. The maximum atomic E-state index is 12.6. The lowest BCUT2D eigenvalue weighted by molar-refractivity contribution is 0.0997. The monoisotopic (exact) mass is 468 g/mol. The van der Waals surface area contributed by atoms with Crippen LogP contribution in [0.1, 0.15) is 40.7 Å². The number of hydrogen-bond donors (Lipinski definition) is 2. The van der Waals surface area contributed by atoms with Gasteiger partial charge in [-0.15, -0.1) is 0 Å². The van der Waals surface area contributed by atoms with Crippen molar-refractivity contribution in [2.24, 2.45) is 0 Å². The van der Waals surface area contributed by atoms with Crippen molar-refractivity contribution in [3.8, 4) is 0 Å². The highest BCUT2D eigenvalue weighted by Crippen LogP contribution is 2.39. The Kier molecular flexibility index (Phi) is 5.86. The number of nitrogens with one attached hydrogen (secondary N) is 2. The molecule has 33 heavy (non-hydrogen) atoms. The van der Waals surface area contributed by atoms with Crippen molar-refractivity contribution in [2.75, 3.05) is 48.8 Å². The quantitative estimate of drug-likeness (QED) is 0.561. The van der Waals surface area contributed by atoms with Crippen molar-refractivity contribution >= 4 is 41.1 Å². The number of amides is 1. The van der Waals surface area contributed by atoms with Crippen molar-refractivity contribution in [2.45, 2.75) is 25.7 Å². The van der Waals surface area contributed by atoms with E-state index in [-0.39, 0.29) is 11.8 Å². The fourth-order valence-corrected chi connectivity index (χ4v) is 3.88. The molecule has 1 aliphatic heterocycles. The number of rotatable bonds is 6. The van der Waals surface area contributed by atoms with Crippen LogP contribution in [0.5, 0.6) is 0 Å². The van der Waals surface area contributed by atoms with Crippen LogP contribution in [0, 0.1) is 6.92 Å². The zero-order valence-electron chi connectivity index (χ0n) is 18.5. The number of para-hydroxylation sites is 1. The summed E-state index contributed by atoms with van der Waals surface area (Å²) in [5, 5.41) is 6.22. The molecule has 172 valence electrons. The minimum atomic E-state index is -0.445. The van der Waals surface area contributed by atoms with Crippen molar-refractivity contribution in [1.82, 2.24) is 24.8 Å². The molecule has 0 radical (unpaired) electrons. The maximum Gasteiger partial charge on any atom is 0.302 e. The number of oxazole rings is 1. The van der Waals surface area contributed by atoms with Crippen LogP contribution in [-0.4, -0.2) is 64.0 Å². The fourth-order valence-electron chi connectivity index (χ4n) is 3.61. The van der Waals surface area contributed by atoms with E-state index in [1.165, 1.54) is 6.20 Å². The summed E-state index contributed by atoms with van der Waals surface area (Å²) >= 11 is 6.20. The second kappa shape index (κ2) is 8.95. The molecule has 1 saturated carbocycles. The van der Waals surface area contributed by atoms with E-state index in [2.05, 4.69) is 42.4 Å². The van der Waals surface area contributed by atoms with Crippen LogP contribution in [0.25, 0.3) is 0 Å². The third kappa shape index (κ3) is 4.91. The molecule has 2 fully saturated rings. The third-order valence-electron chi connectivity index (χ3n) is 5.78. The molecule has 3 heterocycles. The van der Waals surface area contributed by atoms with Gasteiger partial charge < -0.3 is 19.5 Å². The molecule has 1 amide bonds. The average molecular weight is 469 g/mol. The number of halogens is 1. The van der Waals surface area contributed by atoms with Crippen molar-refractivity contribution in [1.29, 1.82) is 0 Å². The molecule has 2 N–H and O–H groups in total. The van der Waals surface area contributed by atoms with E-state index < -0.39 is 5.91 Å². The van der Waals surface area contributed by atoms with Gasteiger partial charge in [0.05, 0.1) is 16.9 Å². The summed E-state index contributed by atoms with van der Waals surface area (Å²) in [5.41, 5.74) is 1.39. The molecule has 1 saturated heterocycles. The Labute approximate surface area is 196 Å². The van der Waals surface area contributed by atoms with Gasteiger partial charge in [0.15, 0.2) is 0 Å². The zero-order chi connectivity index (χ0) is 22.9. The molecule has 0 atom stereocenters. The van der Waals surface area contributed by atoms with Gasteiger partial charge in [0.2, 0.25) is 17.7 Å². The van der Waals surface area contributed by atoms with E-state index in [0.717, 1.165) is 50.4 Å². The third-order valence-corrected chi connectivity index (χ3v) is 6.09. The van der Waals surface area contributed by atoms with Crippen molar-refractivity contribution in [3.63, 3.8) is 0 Å². The maximum absolute atomic E-state index is 12.6. The van der Waals surface area contributed by atoms with Gasteiger partial charge in [-0.2, -0.15) is 15.0 Å². The first kappa shape index (κ1) is 21.6. The van der Waals surface area contributed by atoms with Gasteiger partial charge in [0.1, 0.15) is 5.82 Å². The highest BCUT2D eigenvalue weighted by atomic mass is 35.5. The second-order valence-corrected chi connectivity index (χ2v) is 8.83. The number of likely N-dealkylation sites (N-methyl/N-ethyl adjacent to an activating group) is 1. The van der Waals surface area contributed by atoms with Crippen LogP contribution in [0.4, 0.5) is 23.6 Å². The first-order chi connectivity index (χ1) is 16.0. The molecule has 5 rings (SSSR count). The normalized spacial score (nSPS) is 16.6. The Morgan fingerprint density at radius 3 is 2.67 bits per heavy atom. The minimum absolute atomic E-state index is 0.0487. The number of carbonyl (C=O) groups is 1. The summed E-state index contributed by atoms with van der Waals surface area (Å²) in [6.07, 6.45) is 3.51. The lowest BCUT2D eigenvalue weighted by atomic mass is 10.2. The largest absolute Gasteiger partial charge is 0.418 e. The fraction of sp³-hybridized carbons (Fsp3) is 0.409. The van der Waals surface area contributed by atoms with Gasteiger partial charge in [-0.05, 0) is 38.4 Å². The summed E-state index contributed by atoms with van der Waals surface area (Å²) in [7, 11) is 2.11. The molecule has 1 aromatic carbocycles. The molecule has 0 spiro atoms. The van der Waals surface area contributed by atoms with Gasteiger partial charge in [0.25, 0.3) is 5.91 Å². The molecule has 2 aliphatic rings. The number of aryl methyl sites for hydroxylation is 1. The zero-order valence-corrected chi connectivity index (χ0v) is 19.3. The van der Waals surface area contributed by atoms with E-state index in [1.54, 1.807) is 6.07 Å². The molecular formula is C22H25ClN8O2. The SMILES string of the molecule is Cc1cccc(Cl)c1NC(=O)c1cnc(Nc2nc(C3CC3)nc(N3CCN(C)CC3)n2)o1. The van der Waals surface area contributed by atoms with E-state index >= 15 is 0 Å². The number of anilines is 4. The Morgan fingerprint density at radius 2 is 1.94 bits per heavy atom. The highest BCUT2D eigenvalue weighted by molar-refractivity contribution is 6.34. The lowest BCUT2D eigenvalue weighted by Crippen LogP contribution is -2.45. The first-order valence-electron chi connectivity index (χ1n) is 10.9. The van der Waals surface area contributed by atoms with Crippen LogP contribution < -0.4 is 15.5 Å². The summed E-state index contributed by atoms with van der Waals surface area (Å²) in [6.45, 7) is 5.49. The molecule has 1 aliphatic carbocycles. The Bertz CT molecular complexity index is 1150. The second-order valence-electron chi connectivity index (χ2n) is 8.42. The predicted molar refractivity (Wildman–Crippen MR) is 125 cm³/mol. The standard InChI is InChI=1S/C22H25ClN8O2/c1-13-4-3-5-15(23)17(13)25-19(32)16-12-24-22(33-16)29-20-26-18(14-6-7-14)27-21(28-20)31-10-8-30(2)9-11-31/h3-5,12,14H,6-11H2,1-2H3,(H,25,32)(H,24,26,27,28,29). The summed E-state index contributed by atoms with van der Waals surface area (Å²) in [5.74, 6) is 1.76. The smallest absolute Gasteiger partial charge is 0.302 e. The Balaban J connectivity index is 1.33.